The summed E-state index contributed by atoms with van der Waals surface area (Å²) in [5.41, 5.74) is 0.548. The van der Waals surface area contributed by atoms with Crippen LogP contribution in [0, 0.1) is 6.92 Å². The molecule has 0 bridgehead atoms. The summed E-state index contributed by atoms with van der Waals surface area (Å²) >= 11 is 6.07. The van der Waals surface area contributed by atoms with E-state index >= 15 is 0 Å². The van der Waals surface area contributed by atoms with E-state index in [0.29, 0.717) is 35.1 Å². The topological polar surface area (TPSA) is 71.4 Å². The zero-order chi connectivity index (χ0) is 12.3. The Hall–Kier alpha value is -1.56. The molecule has 0 saturated heterocycles. The monoisotopic (exact) mass is 255 g/mol. The van der Waals surface area contributed by atoms with Crippen LogP contribution < -0.4 is 15.4 Å². The lowest BCUT2D eigenvalue weighted by Crippen LogP contribution is -2.27. The molecule has 0 aliphatic carbocycles. The summed E-state index contributed by atoms with van der Waals surface area (Å²) in [5, 5.41) is 6.46. The van der Waals surface area contributed by atoms with Crippen molar-refractivity contribution in [2.45, 2.75) is 13.8 Å². The predicted molar refractivity (Wildman–Crippen MR) is 66.9 cm³/mol. The smallest absolute Gasteiger partial charge is 0.242 e. The van der Waals surface area contributed by atoms with E-state index in [4.69, 9.17) is 16.3 Å². The predicted octanol–water partition coefficient (Wildman–Crippen LogP) is 1.21. The van der Waals surface area contributed by atoms with E-state index in [1.54, 1.807) is 6.92 Å². The first kappa shape index (κ1) is 11.9. The lowest BCUT2D eigenvalue weighted by atomic mass is 10.4. The molecule has 0 fully saturated rings. The van der Waals surface area contributed by atoms with E-state index in [1.807, 2.05) is 6.92 Å². The molecular weight excluding hydrogens is 242 g/mol. The van der Waals surface area contributed by atoms with Gasteiger partial charge in [0.05, 0.1) is 13.2 Å². The van der Waals surface area contributed by atoms with Crippen LogP contribution in [0.4, 0.5) is 5.69 Å². The van der Waals surface area contributed by atoms with E-state index in [1.165, 1.54) is 0 Å². The summed E-state index contributed by atoms with van der Waals surface area (Å²) in [6.45, 7) is 5.73. The van der Waals surface area contributed by atoms with Crippen LogP contribution in [0.1, 0.15) is 12.7 Å². The third-order valence-electron chi connectivity index (χ3n) is 2.14. The Bertz CT molecular complexity index is 449. The SMILES string of the molecule is CCOc1nc(C)nc(Cl)c1NC1=NCCN1. The van der Waals surface area contributed by atoms with Crippen molar-refractivity contribution >= 4 is 23.2 Å². The third-order valence-corrected chi connectivity index (χ3v) is 2.42. The van der Waals surface area contributed by atoms with Crippen molar-refractivity contribution in [2.75, 3.05) is 25.0 Å². The minimum atomic E-state index is 0.331. The molecule has 2 heterocycles. The second kappa shape index (κ2) is 5.18. The van der Waals surface area contributed by atoms with Crippen LogP contribution >= 0.6 is 11.6 Å². The van der Waals surface area contributed by atoms with Gasteiger partial charge in [0.25, 0.3) is 0 Å². The van der Waals surface area contributed by atoms with E-state index in [9.17, 15) is 0 Å². The lowest BCUT2D eigenvalue weighted by molar-refractivity contribution is 0.327. The number of anilines is 1. The van der Waals surface area contributed by atoms with Crippen molar-refractivity contribution < 1.29 is 4.74 Å². The summed E-state index contributed by atoms with van der Waals surface area (Å²) in [6, 6.07) is 0. The van der Waals surface area contributed by atoms with Gasteiger partial charge in [0.2, 0.25) is 5.88 Å². The molecule has 0 amide bonds. The largest absolute Gasteiger partial charge is 0.476 e. The highest BCUT2D eigenvalue weighted by Gasteiger charge is 2.16. The minimum Gasteiger partial charge on any atom is -0.476 e. The van der Waals surface area contributed by atoms with E-state index in [0.717, 1.165) is 13.1 Å². The average Bonchev–Trinajstić information content (AvgIpc) is 2.76. The van der Waals surface area contributed by atoms with E-state index in [2.05, 4.69) is 25.6 Å². The van der Waals surface area contributed by atoms with Crippen LogP contribution in [0.25, 0.3) is 0 Å². The van der Waals surface area contributed by atoms with Crippen molar-refractivity contribution in [3.8, 4) is 5.88 Å². The number of halogens is 1. The zero-order valence-corrected chi connectivity index (χ0v) is 10.5. The molecule has 1 aromatic rings. The van der Waals surface area contributed by atoms with Crippen LogP contribution in [0.2, 0.25) is 5.15 Å². The first-order valence-electron chi connectivity index (χ1n) is 5.43. The van der Waals surface area contributed by atoms with Gasteiger partial charge in [-0.1, -0.05) is 11.6 Å². The molecule has 0 unspecified atom stereocenters. The van der Waals surface area contributed by atoms with Gasteiger partial charge in [-0.25, -0.2) is 4.98 Å². The number of hydrogen-bond acceptors (Lipinski definition) is 6. The Morgan fingerprint density at radius 1 is 1.47 bits per heavy atom. The molecule has 1 aromatic heterocycles. The third kappa shape index (κ3) is 2.76. The van der Waals surface area contributed by atoms with E-state index in [-0.39, 0.29) is 0 Å². The fourth-order valence-electron chi connectivity index (χ4n) is 1.46. The van der Waals surface area contributed by atoms with Crippen molar-refractivity contribution in [3.63, 3.8) is 0 Å². The maximum atomic E-state index is 6.07. The number of aryl methyl sites for hydroxylation is 1. The number of hydrogen-bond donors (Lipinski definition) is 2. The highest BCUT2D eigenvalue weighted by Crippen LogP contribution is 2.29. The van der Waals surface area contributed by atoms with Gasteiger partial charge in [-0.15, -0.1) is 0 Å². The standard InChI is InChI=1S/C10H14ClN5O/c1-3-17-9-7(8(11)14-6(2)15-9)16-10-12-4-5-13-10/h3-5H2,1-2H3,(H2,12,13,16). The van der Waals surface area contributed by atoms with Gasteiger partial charge in [-0.2, -0.15) is 4.98 Å². The normalized spacial score (nSPS) is 14.2. The molecule has 92 valence electrons. The molecule has 17 heavy (non-hydrogen) atoms. The zero-order valence-electron chi connectivity index (χ0n) is 9.75. The molecule has 1 aliphatic heterocycles. The number of ether oxygens (including phenoxy) is 1. The molecule has 1 aliphatic rings. The summed E-state index contributed by atoms with van der Waals surface area (Å²) < 4.78 is 5.43. The summed E-state index contributed by atoms with van der Waals surface area (Å²) in [7, 11) is 0. The highest BCUT2D eigenvalue weighted by molar-refractivity contribution is 6.32. The van der Waals surface area contributed by atoms with Gasteiger partial charge in [0.15, 0.2) is 11.1 Å². The number of aliphatic imine (C=N–C) groups is 1. The quantitative estimate of drug-likeness (QED) is 0.795. The van der Waals surface area contributed by atoms with Gasteiger partial charge in [0, 0.05) is 6.54 Å². The first-order valence-corrected chi connectivity index (χ1v) is 5.80. The summed E-state index contributed by atoms with van der Waals surface area (Å²) in [4.78, 5) is 12.5. The maximum Gasteiger partial charge on any atom is 0.242 e. The molecule has 6 nitrogen and oxygen atoms in total. The van der Waals surface area contributed by atoms with Gasteiger partial charge >= 0.3 is 0 Å². The number of rotatable bonds is 3. The fourth-order valence-corrected chi connectivity index (χ4v) is 1.71. The van der Waals surface area contributed by atoms with Gasteiger partial charge in [-0.05, 0) is 13.8 Å². The van der Waals surface area contributed by atoms with Crippen LogP contribution in [0.15, 0.2) is 4.99 Å². The lowest BCUT2D eigenvalue weighted by Gasteiger charge is -2.13. The number of nitrogens with zero attached hydrogens (tertiary/aromatic N) is 3. The minimum absolute atomic E-state index is 0.331. The van der Waals surface area contributed by atoms with Crippen molar-refractivity contribution in [2.24, 2.45) is 4.99 Å². The molecule has 0 radical (unpaired) electrons. The molecule has 0 spiro atoms. The van der Waals surface area contributed by atoms with Gasteiger partial charge < -0.3 is 15.4 Å². The summed E-state index contributed by atoms with van der Waals surface area (Å²) in [5.74, 6) is 1.69. The molecule has 0 saturated carbocycles. The number of guanidine groups is 1. The van der Waals surface area contributed by atoms with Crippen LogP contribution in [-0.4, -0.2) is 35.6 Å². The Balaban J connectivity index is 2.29. The summed E-state index contributed by atoms with van der Waals surface area (Å²) in [6.07, 6.45) is 0. The average molecular weight is 256 g/mol. The van der Waals surface area contributed by atoms with E-state index < -0.39 is 0 Å². The number of aromatic nitrogens is 2. The van der Waals surface area contributed by atoms with Gasteiger partial charge in [0.1, 0.15) is 11.5 Å². The molecule has 7 heteroatoms. The van der Waals surface area contributed by atoms with Crippen LogP contribution in [-0.2, 0) is 0 Å². The first-order chi connectivity index (χ1) is 8.20. The van der Waals surface area contributed by atoms with Crippen molar-refractivity contribution in [1.82, 2.24) is 15.3 Å². The molecule has 2 N–H and O–H groups in total. The molecule has 0 atom stereocenters. The van der Waals surface area contributed by atoms with Gasteiger partial charge in [-0.3, -0.25) is 4.99 Å². The Morgan fingerprint density at radius 3 is 2.94 bits per heavy atom. The fraction of sp³-hybridized carbons (Fsp3) is 0.500. The second-order valence-electron chi connectivity index (χ2n) is 3.46. The number of nitrogens with one attached hydrogen (secondary N) is 2. The van der Waals surface area contributed by atoms with Crippen molar-refractivity contribution in [1.29, 1.82) is 0 Å². The maximum absolute atomic E-state index is 6.07. The molecule has 2 rings (SSSR count). The van der Waals surface area contributed by atoms with Crippen LogP contribution in [0.3, 0.4) is 0 Å². The van der Waals surface area contributed by atoms with Crippen molar-refractivity contribution in [3.05, 3.63) is 11.0 Å². The molecular formula is C10H14ClN5O. The second-order valence-corrected chi connectivity index (χ2v) is 3.81. The Labute approximate surface area is 104 Å². The Kier molecular flexibility index (Phi) is 3.63. The highest BCUT2D eigenvalue weighted by atomic mass is 35.5. The molecule has 0 aromatic carbocycles. The Morgan fingerprint density at radius 2 is 2.29 bits per heavy atom. The van der Waals surface area contributed by atoms with Crippen LogP contribution in [0.5, 0.6) is 5.88 Å².